The number of hydrogen-bond donors (Lipinski definition) is 1. The van der Waals surface area contributed by atoms with Gasteiger partial charge in [-0.15, -0.1) is 0 Å². The smallest absolute Gasteiger partial charge is 0.251 e. The Kier molecular flexibility index (Phi) is 8.02. The molecule has 2 aliphatic rings. The van der Waals surface area contributed by atoms with Gasteiger partial charge in [0.2, 0.25) is 5.91 Å². The van der Waals surface area contributed by atoms with E-state index < -0.39 is 11.8 Å². The summed E-state index contributed by atoms with van der Waals surface area (Å²) in [5.74, 6) is 0.398. The van der Waals surface area contributed by atoms with Gasteiger partial charge in [0, 0.05) is 18.3 Å². The second-order valence-electron chi connectivity index (χ2n) is 9.74. The number of amides is 2. The second kappa shape index (κ2) is 11.0. The number of carbonyl (C=O) groups is 2. The minimum atomic E-state index is -0.673. The summed E-state index contributed by atoms with van der Waals surface area (Å²) in [4.78, 5) is 27.8. The molecule has 194 valence electrons. The Bertz CT molecular complexity index is 1130. The monoisotopic (exact) mass is 516 g/mol. The van der Waals surface area contributed by atoms with Crippen LogP contribution in [-0.2, 0) is 25.6 Å². The third kappa shape index (κ3) is 6.46. The molecule has 0 saturated carbocycles. The minimum Gasteiger partial charge on any atom is -0.458 e. The van der Waals surface area contributed by atoms with Crippen molar-refractivity contribution in [3.05, 3.63) is 53.4 Å². The Hall–Kier alpha value is -2.88. The number of aromatic nitrogens is 2. The summed E-state index contributed by atoms with van der Waals surface area (Å²) in [5.41, 5.74) is 0. The normalized spacial score (nSPS) is 20.8. The molecule has 4 rings (SSSR count). The van der Waals surface area contributed by atoms with Crippen molar-refractivity contribution in [1.29, 1.82) is 0 Å². The number of carbonyl (C=O) groups excluding carboxylic acids is 2. The number of nitrogens with one attached hydrogen (secondary N) is 1. The number of ether oxygens (including phenoxy) is 3. The molecule has 3 atom stereocenters. The van der Waals surface area contributed by atoms with Gasteiger partial charge in [0.25, 0.3) is 5.91 Å². The van der Waals surface area contributed by atoms with E-state index in [0.717, 1.165) is 6.42 Å². The van der Waals surface area contributed by atoms with E-state index in [1.165, 1.54) is 11.0 Å². The van der Waals surface area contributed by atoms with Crippen molar-refractivity contribution in [2.45, 2.75) is 65.0 Å². The van der Waals surface area contributed by atoms with Gasteiger partial charge in [0.05, 0.1) is 24.7 Å². The van der Waals surface area contributed by atoms with Crippen LogP contribution in [0.5, 0.6) is 5.75 Å². The molecule has 36 heavy (non-hydrogen) atoms. The Morgan fingerprint density at radius 2 is 2.11 bits per heavy atom. The first-order valence-electron chi connectivity index (χ1n) is 12.2. The van der Waals surface area contributed by atoms with Crippen LogP contribution in [0.2, 0.25) is 5.02 Å². The zero-order valence-electron chi connectivity index (χ0n) is 21.1. The summed E-state index contributed by atoms with van der Waals surface area (Å²) < 4.78 is 19.0. The molecule has 1 aromatic carbocycles. The third-order valence-corrected chi connectivity index (χ3v) is 6.64. The highest BCUT2D eigenvalue weighted by Crippen LogP contribution is 2.28. The highest BCUT2D eigenvalue weighted by molar-refractivity contribution is 6.32. The Morgan fingerprint density at radius 1 is 1.33 bits per heavy atom. The van der Waals surface area contributed by atoms with E-state index in [1.807, 2.05) is 13.8 Å². The van der Waals surface area contributed by atoms with E-state index in [4.69, 9.17) is 25.8 Å². The number of para-hydroxylation sites is 1. The van der Waals surface area contributed by atoms with Gasteiger partial charge in [0.15, 0.2) is 11.6 Å². The lowest BCUT2D eigenvalue weighted by Gasteiger charge is -2.28. The second-order valence-corrected chi connectivity index (χ2v) is 10.1. The molecule has 2 amide bonds. The quantitative estimate of drug-likeness (QED) is 0.507. The van der Waals surface area contributed by atoms with E-state index in [0.29, 0.717) is 41.9 Å². The standard InChI is InChI=1S/C26H33ClN4O5/c1-5-17(2)12-21(31-15-18(13-24(31)32)35-22-9-7-6-8-20(22)27)25(33)28-23-10-11-30(29-23)14-19-16-34-26(3,4)36-19/h6-11,13,17,19,21H,5,12,14-16H2,1-4H3,(H,28,29,33)/t17-,19+,21?/m0/s1. The lowest BCUT2D eigenvalue weighted by atomic mass is 9.97. The summed E-state index contributed by atoms with van der Waals surface area (Å²) >= 11 is 6.20. The highest BCUT2D eigenvalue weighted by Gasteiger charge is 2.36. The molecule has 0 radical (unpaired) electrons. The van der Waals surface area contributed by atoms with Crippen LogP contribution in [0.1, 0.15) is 40.5 Å². The molecule has 2 aliphatic heterocycles. The molecular formula is C26H33ClN4O5. The zero-order valence-corrected chi connectivity index (χ0v) is 21.8. The van der Waals surface area contributed by atoms with Crippen molar-refractivity contribution in [3.8, 4) is 5.75 Å². The molecule has 1 aromatic heterocycles. The van der Waals surface area contributed by atoms with Gasteiger partial charge in [-0.05, 0) is 38.3 Å². The zero-order chi connectivity index (χ0) is 25.9. The van der Waals surface area contributed by atoms with Crippen LogP contribution in [0.15, 0.2) is 48.4 Å². The van der Waals surface area contributed by atoms with E-state index >= 15 is 0 Å². The van der Waals surface area contributed by atoms with Crippen molar-refractivity contribution in [3.63, 3.8) is 0 Å². The van der Waals surface area contributed by atoms with Gasteiger partial charge in [-0.25, -0.2) is 0 Å². The maximum Gasteiger partial charge on any atom is 0.251 e. The maximum absolute atomic E-state index is 13.4. The molecule has 3 heterocycles. The van der Waals surface area contributed by atoms with Gasteiger partial charge in [-0.3, -0.25) is 14.3 Å². The predicted octanol–water partition coefficient (Wildman–Crippen LogP) is 4.24. The van der Waals surface area contributed by atoms with Crippen LogP contribution in [-0.4, -0.2) is 57.6 Å². The molecule has 1 unspecified atom stereocenters. The van der Waals surface area contributed by atoms with Gasteiger partial charge in [-0.1, -0.05) is 44.0 Å². The van der Waals surface area contributed by atoms with Crippen LogP contribution in [0.25, 0.3) is 0 Å². The summed E-state index contributed by atoms with van der Waals surface area (Å²) in [6, 6.07) is 8.13. The summed E-state index contributed by atoms with van der Waals surface area (Å²) in [6.07, 6.45) is 4.49. The molecular weight excluding hydrogens is 484 g/mol. The lowest BCUT2D eigenvalue weighted by Crippen LogP contribution is -2.46. The molecule has 1 fully saturated rings. The molecule has 0 spiro atoms. The average molecular weight is 517 g/mol. The molecule has 9 nitrogen and oxygen atoms in total. The van der Waals surface area contributed by atoms with Gasteiger partial charge < -0.3 is 24.4 Å². The maximum atomic E-state index is 13.4. The van der Waals surface area contributed by atoms with E-state index in [1.54, 1.807) is 41.2 Å². The molecule has 1 N–H and O–H groups in total. The van der Waals surface area contributed by atoms with Crippen molar-refractivity contribution >= 4 is 29.2 Å². The van der Waals surface area contributed by atoms with Gasteiger partial charge >= 0.3 is 0 Å². The number of hydrogen-bond acceptors (Lipinski definition) is 6. The fraction of sp³-hybridized carbons (Fsp3) is 0.500. The van der Waals surface area contributed by atoms with Crippen molar-refractivity contribution in [1.82, 2.24) is 14.7 Å². The first-order chi connectivity index (χ1) is 17.1. The van der Waals surface area contributed by atoms with E-state index in [2.05, 4.69) is 24.3 Å². The number of anilines is 1. The molecule has 0 aliphatic carbocycles. The first kappa shape index (κ1) is 26.2. The van der Waals surface area contributed by atoms with Crippen molar-refractivity contribution in [2.24, 2.45) is 5.92 Å². The van der Waals surface area contributed by atoms with E-state index in [-0.39, 0.29) is 30.4 Å². The summed E-state index contributed by atoms with van der Waals surface area (Å²) in [7, 11) is 0. The van der Waals surface area contributed by atoms with E-state index in [9.17, 15) is 9.59 Å². The average Bonchev–Trinajstić information content (AvgIpc) is 3.52. The minimum absolute atomic E-state index is 0.119. The summed E-state index contributed by atoms with van der Waals surface area (Å²) in [5, 5.41) is 7.80. The number of rotatable bonds is 10. The van der Waals surface area contributed by atoms with Crippen molar-refractivity contribution < 1.29 is 23.8 Å². The predicted molar refractivity (Wildman–Crippen MR) is 135 cm³/mol. The Balaban J connectivity index is 1.41. The lowest BCUT2D eigenvalue weighted by molar-refractivity contribution is -0.139. The molecule has 1 saturated heterocycles. The fourth-order valence-corrected chi connectivity index (χ4v) is 4.41. The fourth-order valence-electron chi connectivity index (χ4n) is 4.23. The number of halogens is 1. The highest BCUT2D eigenvalue weighted by atomic mass is 35.5. The summed E-state index contributed by atoms with van der Waals surface area (Å²) in [6.45, 7) is 9.04. The SMILES string of the molecule is CC[C@H](C)CC(C(=O)Nc1ccn(C[C@@H]2COC(C)(C)O2)n1)N1CC(Oc2ccccc2Cl)=CC1=O. The first-order valence-corrected chi connectivity index (χ1v) is 12.6. The van der Waals surface area contributed by atoms with Crippen LogP contribution in [0.3, 0.4) is 0 Å². The third-order valence-electron chi connectivity index (χ3n) is 6.32. The van der Waals surface area contributed by atoms with Crippen molar-refractivity contribution in [2.75, 3.05) is 18.5 Å². The van der Waals surface area contributed by atoms with Crippen LogP contribution in [0.4, 0.5) is 5.82 Å². The Labute approximate surface area is 216 Å². The topological polar surface area (TPSA) is 94.9 Å². The van der Waals surface area contributed by atoms with Crippen LogP contribution in [0, 0.1) is 5.92 Å². The molecule has 10 heteroatoms. The molecule has 2 aromatic rings. The van der Waals surface area contributed by atoms with Crippen LogP contribution < -0.4 is 10.1 Å². The largest absolute Gasteiger partial charge is 0.458 e. The van der Waals surface area contributed by atoms with Crippen LogP contribution >= 0.6 is 11.6 Å². The Morgan fingerprint density at radius 3 is 2.81 bits per heavy atom. The number of benzene rings is 1. The molecule has 0 bridgehead atoms. The van der Waals surface area contributed by atoms with Gasteiger partial charge in [0.1, 0.15) is 23.7 Å². The number of nitrogens with zero attached hydrogens (tertiary/aromatic N) is 3. The van der Waals surface area contributed by atoms with Gasteiger partial charge in [-0.2, -0.15) is 5.10 Å².